The lowest BCUT2D eigenvalue weighted by molar-refractivity contribution is 0.143. The summed E-state index contributed by atoms with van der Waals surface area (Å²) in [5.41, 5.74) is 0.822. The van der Waals surface area contributed by atoms with Crippen LogP contribution in [0, 0.1) is 11.8 Å². The maximum absolute atomic E-state index is 12.7. The Hall–Kier alpha value is -1.77. The summed E-state index contributed by atoms with van der Waals surface area (Å²) in [7, 11) is -1.02. The van der Waals surface area contributed by atoms with Crippen LogP contribution >= 0.6 is 11.6 Å². The van der Waals surface area contributed by atoms with Crippen LogP contribution in [0.1, 0.15) is 49.4 Å². The second-order valence-corrected chi connectivity index (χ2v) is 11.8. The van der Waals surface area contributed by atoms with Crippen molar-refractivity contribution in [1.82, 2.24) is 15.0 Å². The Kier molecular flexibility index (Phi) is 5.15. The van der Waals surface area contributed by atoms with Crippen molar-refractivity contribution in [2.75, 3.05) is 35.7 Å². The number of hydrogen-bond donors (Lipinski definition) is 2. The largest absolute Gasteiger partial charge is 0.394 e. The molecule has 4 heterocycles. The zero-order valence-corrected chi connectivity index (χ0v) is 19.5. The smallest absolute Gasteiger partial charge is 0.145 e. The highest BCUT2D eigenvalue weighted by Crippen LogP contribution is 2.48. The second-order valence-electron chi connectivity index (χ2n) is 9.82. The first-order valence-corrected chi connectivity index (χ1v) is 13.3. The summed E-state index contributed by atoms with van der Waals surface area (Å²) in [5.74, 6) is 4.61. The summed E-state index contributed by atoms with van der Waals surface area (Å²) in [5, 5.41) is 14.1. The van der Waals surface area contributed by atoms with Crippen LogP contribution in [0.4, 0.5) is 11.6 Å². The van der Waals surface area contributed by atoms with Crippen LogP contribution in [0.2, 0.25) is 5.02 Å². The number of aliphatic hydroxyl groups excluding tert-OH is 1. The van der Waals surface area contributed by atoms with E-state index in [4.69, 9.17) is 16.6 Å². The standard InChI is InChI=1S/C23H28ClN5O2S/c24-17-9-25-21(26-10-17)19-15-2-3-16(19)12-29(11-15)18-8-14-4-7-32(31)20(14)22(27-18)28-23(13-30)5-1-6-23/h8-10,15-16,19,30H,1-7,11-13H2,(H,27,28). The van der Waals surface area contributed by atoms with Gasteiger partial charge in [-0.1, -0.05) is 11.6 Å². The fourth-order valence-corrected chi connectivity index (χ4v) is 7.54. The number of aliphatic hydroxyl groups is 1. The number of aryl methyl sites for hydroxylation is 1. The van der Waals surface area contributed by atoms with Gasteiger partial charge < -0.3 is 15.3 Å². The van der Waals surface area contributed by atoms with Crippen molar-refractivity contribution < 1.29 is 9.32 Å². The van der Waals surface area contributed by atoms with Gasteiger partial charge in [0.15, 0.2) is 0 Å². The molecular formula is C23H28ClN5O2S. The molecule has 3 fully saturated rings. The van der Waals surface area contributed by atoms with Gasteiger partial charge in [0.1, 0.15) is 17.5 Å². The van der Waals surface area contributed by atoms with Gasteiger partial charge in [0.05, 0.1) is 32.9 Å². The van der Waals surface area contributed by atoms with Gasteiger partial charge in [0.25, 0.3) is 0 Å². The van der Waals surface area contributed by atoms with Gasteiger partial charge >= 0.3 is 0 Å². The molecule has 2 aliphatic carbocycles. The van der Waals surface area contributed by atoms with Crippen molar-refractivity contribution in [3.63, 3.8) is 0 Å². The quantitative estimate of drug-likeness (QED) is 0.689. The van der Waals surface area contributed by atoms with Crippen LogP contribution in [0.15, 0.2) is 23.4 Å². The number of halogens is 1. The third-order valence-corrected chi connectivity index (χ3v) is 9.59. The van der Waals surface area contributed by atoms with Crippen molar-refractivity contribution in [3.05, 3.63) is 34.9 Å². The lowest BCUT2D eigenvalue weighted by Crippen LogP contribution is -2.49. The highest BCUT2D eigenvalue weighted by Gasteiger charge is 2.45. The number of aromatic nitrogens is 3. The van der Waals surface area contributed by atoms with E-state index in [2.05, 4.69) is 26.3 Å². The summed E-state index contributed by atoms with van der Waals surface area (Å²) < 4.78 is 12.7. The molecule has 3 unspecified atom stereocenters. The first-order chi connectivity index (χ1) is 15.5. The molecule has 9 heteroatoms. The van der Waals surface area contributed by atoms with Crippen LogP contribution in [0.25, 0.3) is 0 Å². The summed E-state index contributed by atoms with van der Waals surface area (Å²) >= 11 is 6.00. The number of hydrogen-bond acceptors (Lipinski definition) is 7. The van der Waals surface area contributed by atoms with Gasteiger partial charge in [-0.3, -0.25) is 4.21 Å². The van der Waals surface area contributed by atoms with E-state index < -0.39 is 10.8 Å². The minimum atomic E-state index is -1.02. The van der Waals surface area contributed by atoms with Crippen molar-refractivity contribution in [1.29, 1.82) is 0 Å². The zero-order chi connectivity index (χ0) is 21.9. The van der Waals surface area contributed by atoms with E-state index in [-0.39, 0.29) is 12.1 Å². The summed E-state index contributed by atoms with van der Waals surface area (Å²) in [6.45, 7) is 1.93. The molecule has 170 valence electrons. The highest BCUT2D eigenvalue weighted by atomic mass is 35.5. The van der Waals surface area contributed by atoms with Crippen molar-refractivity contribution >= 4 is 34.0 Å². The van der Waals surface area contributed by atoms with Crippen molar-refractivity contribution in [3.8, 4) is 0 Å². The van der Waals surface area contributed by atoms with E-state index in [0.717, 1.165) is 66.7 Å². The molecule has 2 N–H and O–H groups in total. The zero-order valence-electron chi connectivity index (χ0n) is 18.0. The maximum Gasteiger partial charge on any atom is 0.145 e. The van der Waals surface area contributed by atoms with Gasteiger partial charge in [-0.05, 0) is 62.0 Å². The minimum absolute atomic E-state index is 0.0803. The average Bonchev–Trinajstić information content (AvgIpc) is 3.27. The molecule has 0 radical (unpaired) electrons. The second kappa shape index (κ2) is 7.92. The first kappa shape index (κ1) is 20.8. The maximum atomic E-state index is 12.7. The Labute approximate surface area is 195 Å². The van der Waals surface area contributed by atoms with E-state index in [1.807, 2.05) is 0 Å². The highest BCUT2D eigenvalue weighted by molar-refractivity contribution is 7.85. The summed E-state index contributed by atoms with van der Waals surface area (Å²) in [6.07, 6.45) is 9.51. The van der Waals surface area contributed by atoms with E-state index in [1.165, 1.54) is 12.8 Å². The Morgan fingerprint density at radius 1 is 1.22 bits per heavy atom. The molecule has 2 aromatic heterocycles. The van der Waals surface area contributed by atoms with Crippen LogP contribution in [-0.4, -0.2) is 55.3 Å². The molecule has 2 aliphatic heterocycles. The molecule has 0 aromatic carbocycles. The third kappa shape index (κ3) is 3.42. The summed E-state index contributed by atoms with van der Waals surface area (Å²) in [6, 6.07) is 2.15. The van der Waals surface area contributed by atoms with Gasteiger partial charge in [-0.15, -0.1) is 0 Å². The molecule has 2 aromatic rings. The van der Waals surface area contributed by atoms with E-state index in [0.29, 0.717) is 28.5 Å². The molecule has 7 nitrogen and oxygen atoms in total. The molecule has 6 rings (SSSR count). The number of piperidine rings is 1. The predicted octanol–water partition coefficient (Wildman–Crippen LogP) is 3.15. The molecule has 3 atom stereocenters. The number of nitrogens with one attached hydrogen (secondary N) is 1. The van der Waals surface area contributed by atoms with Crippen molar-refractivity contribution in [2.45, 2.75) is 54.9 Å². The van der Waals surface area contributed by atoms with Gasteiger partial charge in [0, 0.05) is 37.2 Å². The number of rotatable bonds is 5. The van der Waals surface area contributed by atoms with Crippen molar-refractivity contribution in [2.24, 2.45) is 11.8 Å². The average molecular weight is 474 g/mol. The Balaban J connectivity index is 1.30. The molecule has 32 heavy (non-hydrogen) atoms. The number of fused-ring (bicyclic) bond motifs is 3. The number of nitrogens with zero attached hydrogens (tertiary/aromatic N) is 4. The van der Waals surface area contributed by atoms with Gasteiger partial charge in [-0.25, -0.2) is 15.0 Å². The molecule has 0 spiro atoms. The van der Waals surface area contributed by atoms with E-state index >= 15 is 0 Å². The van der Waals surface area contributed by atoms with E-state index in [9.17, 15) is 9.32 Å². The van der Waals surface area contributed by atoms with Gasteiger partial charge in [0.2, 0.25) is 0 Å². The monoisotopic (exact) mass is 473 g/mol. The van der Waals surface area contributed by atoms with Crippen LogP contribution in [0.3, 0.4) is 0 Å². The fraction of sp³-hybridized carbons (Fsp3) is 0.609. The molecule has 0 amide bonds. The molecule has 4 aliphatic rings. The topological polar surface area (TPSA) is 91.2 Å². The fourth-order valence-electron chi connectivity index (χ4n) is 6.07. The third-order valence-electron chi connectivity index (χ3n) is 7.91. The number of pyridine rings is 1. The van der Waals surface area contributed by atoms with Crippen LogP contribution < -0.4 is 10.2 Å². The normalized spacial score (nSPS) is 30.1. The molecule has 2 bridgehead atoms. The predicted molar refractivity (Wildman–Crippen MR) is 125 cm³/mol. The minimum Gasteiger partial charge on any atom is -0.394 e. The van der Waals surface area contributed by atoms with Gasteiger partial charge in [-0.2, -0.15) is 0 Å². The lowest BCUT2D eigenvalue weighted by Gasteiger charge is -2.42. The lowest BCUT2D eigenvalue weighted by atomic mass is 9.77. The SMILES string of the molecule is O=S1CCc2cc(N3CC4CCC(C3)C4c3ncc(Cl)cn3)nc(NC3(CO)CCC3)c21. The van der Waals surface area contributed by atoms with E-state index in [1.54, 1.807) is 12.4 Å². The molecule has 2 saturated carbocycles. The Bertz CT molecular complexity index is 1040. The Morgan fingerprint density at radius 3 is 2.56 bits per heavy atom. The van der Waals surface area contributed by atoms with Crippen LogP contribution in [0.5, 0.6) is 0 Å². The molecule has 1 saturated heterocycles. The number of anilines is 2. The molecular weight excluding hydrogens is 446 g/mol. The first-order valence-electron chi connectivity index (χ1n) is 11.6. The van der Waals surface area contributed by atoms with Crippen LogP contribution in [-0.2, 0) is 17.2 Å². The Morgan fingerprint density at radius 2 is 1.94 bits per heavy atom. The summed E-state index contributed by atoms with van der Waals surface area (Å²) in [4.78, 5) is 17.3.